The van der Waals surface area contributed by atoms with Crippen molar-refractivity contribution in [1.82, 2.24) is 20.4 Å². The third kappa shape index (κ3) is 6.73. The SMILES string of the molecule is CN=C(NCC(C)N1CCN(c2ccccc2)CC1)NCC1(C(=O)N(C)C)CCCC1.I. The van der Waals surface area contributed by atoms with Gasteiger partial charge in [0.15, 0.2) is 5.96 Å². The zero-order valence-electron chi connectivity index (χ0n) is 20.1. The molecule has 0 spiro atoms. The lowest BCUT2D eigenvalue weighted by Crippen LogP contribution is -2.54. The van der Waals surface area contributed by atoms with Crippen molar-refractivity contribution in [3.8, 4) is 0 Å². The van der Waals surface area contributed by atoms with Gasteiger partial charge in [-0.15, -0.1) is 24.0 Å². The number of hydrogen-bond acceptors (Lipinski definition) is 4. The van der Waals surface area contributed by atoms with Crippen LogP contribution in [0.4, 0.5) is 5.69 Å². The Kier molecular flexibility index (Phi) is 10.5. The lowest BCUT2D eigenvalue weighted by Gasteiger charge is -2.39. The van der Waals surface area contributed by atoms with E-state index >= 15 is 0 Å². The minimum atomic E-state index is -0.291. The van der Waals surface area contributed by atoms with E-state index in [0.29, 0.717) is 12.6 Å². The molecule has 1 amide bonds. The van der Waals surface area contributed by atoms with Gasteiger partial charge in [-0.25, -0.2) is 0 Å². The molecule has 1 aromatic carbocycles. The van der Waals surface area contributed by atoms with Crippen molar-refractivity contribution in [1.29, 1.82) is 0 Å². The van der Waals surface area contributed by atoms with Crippen LogP contribution in [0.3, 0.4) is 0 Å². The fourth-order valence-electron chi connectivity index (χ4n) is 4.90. The number of carbonyl (C=O) groups excluding carboxylic acids is 1. The second kappa shape index (κ2) is 12.6. The number of anilines is 1. The molecule has 2 N–H and O–H groups in total. The Balaban J connectivity index is 0.00000363. The number of para-hydroxylation sites is 1. The molecule has 1 aliphatic heterocycles. The van der Waals surface area contributed by atoms with Gasteiger partial charge < -0.3 is 20.4 Å². The smallest absolute Gasteiger partial charge is 0.230 e. The number of piperazine rings is 1. The number of amides is 1. The summed E-state index contributed by atoms with van der Waals surface area (Å²) < 4.78 is 0. The Labute approximate surface area is 211 Å². The fraction of sp³-hybridized carbons (Fsp3) is 0.667. The molecule has 7 nitrogen and oxygen atoms in total. The topological polar surface area (TPSA) is 63.2 Å². The Hall–Kier alpha value is -1.55. The molecule has 3 rings (SSSR count). The zero-order chi connectivity index (χ0) is 22.3. The van der Waals surface area contributed by atoms with Gasteiger partial charge in [0.2, 0.25) is 5.91 Å². The second-order valence-corrected chi connectivity index (χ2v) is 9.20. The summed E-state index contributed by atoms with van der Waals surface area (Å²) in [5, 5.41) is 6.92. The molecule has 0 bridgehead atoms. The van der Waals surface area contributed by atoms with E-state index in [0.717, 1.165) is 64.4 Å². The van der Waals surface area contributed by atoms with Crippen molar-refractivity contribution in [3.63, 3.8) is 0 Å². The summed E-state index contributed by atoms with van der Waals surface area (Å²) in [7, 11) is 5.51. The first-order valence-electron chi connectivity index (χ1n) is 11.7. The minimum Gasteiger partial charge on any atom is -0.369 e. The van der Waals surface area contributed by atoms with E-state index in [1.54, 1.807) is 11.9 Å². The van der Waals surface area contributed by atoms with Gasteiger partial charge in [0.25, 0.3) is 0 Å². The number of halogens is 1. The summed E-state index contributed by atoms with van der Waals surface area (Å²) in [4.78, 5) is 23.9. The summed E-state index contributed by atoms with van der Waals surface area (Å²) in [6.45, 7) is 7.97. The van der Waals surface area contributed by atoms with E-state index in [9.17, 15) is 4.79 Å². The van der Waals surface area contributed by atoms with Crippen molar-refractivity contribution in [2.45, 2.75) is 38.6 Å². The normalized spacial score (nSPS) is 19.8. The first-order chi connectivity index (χ1) is 14.9. The molecular weight excluding hydrogens is 515 g/mol. The molecule has 32 heavy (non-hydrogen) atoms. The van der Waals surface area contributed by atoms with E-state index in [2.05, 4.69) is 62.7 Å². The number of guanidine groups is 1. The van der Waals surface area contributed by atoms with Crippen molar-refractivity contribution in [2.75, 3.05) is 65.3 Å². The Morgan fingerprint density at radius 1 is 1.09 bits per heavy atom. The lowest BCUT2D eigenvalue weighted by molar-refractivity contribution is -0.138. The molecule has 1 unspecified atom stereocenters. The highest BCUT2D eigenvalue weighted by Crippen LogP contribution is 2.38. The summed E-state index contributed by atoms with van der Waals surface area (Å²) >= 11 is 0. The van der Waals surface area contributed by atoms with Crippen LogP contribution in [0.1, 0.15) is 32.6 Å². The molecule has 180 valence electrons. The zero-order valence-corrected chi connectivity index (χ0v) is 22.5. The highest BCUT2D eigenvalue weighted by Gasteiger charge is 2.42. The molecule has 1 heterocycles. The van der Waals surface area contributed by atoms with Crippen LogP contribution in [-0.4, -0.2) is 88.1 Å². The van der Waals surface area contributed by atoms with Crippen molar-refractivity contribution >= 4 is 41.5 Å². The number of nitrogens with one attached hydrogen (secondary N) is 2. The standard InChI is InChI=1S/C24H40N6O.HI/c1-20(29-14-16-30(17-15-29)21-10-6-5-7-11-21)18-26-23(25-2)27-19-24(12-8-9-13-24)22(31)28(3)4;/h5-7,10-11,20H,8-9,12-19H2,1-4H3,(H2,25,26,27);1H. The van der Waals surface area contributed by atoms with Crippen LogP contribution in [0.2, 0.25) is 0 Å². The quantitative estimate of drug-likeness (QED) is 0.307. The first kappa shape index (κ1) is 26.7. The van der Waals surface area contributed by atoms with Gasteiger partial charge >= 0.3 is 0 Å². The number of aliphatic imine (C=N–C) groups is 1. The maximum atomic E-state index is 12.8. The van der Waals surface area contributed by atoms with Crippen LogP contribution in [0.5, 0.6) is 0 Å². The van der Waals surface area contributed by atoms with Crippen molar-refractivity contribution in [3.05, 3.63) is 30.3 Å². The first-order valence-corrected chi connectivity index (χ1v) is 11.7. The maximum absolute atomic E-state index is 12.8. The third-order valence-electron chi connectivity index (χ3n) is 6.86. The highest BCUT2D eigenvalue weighted by atomic mass is 127. The average Bonchev–Trinajstić information content (AvgIpc) is 3.29. The minimum absolute atomic E-state index is 0. The Morgan fingerprint density at radius 3 is 2.28 bits per heavy atom. The second-order valence-electron chi connectivity index (χ2n) is 9.20. The molecule has 1 saturated carbocycles. The molecule has 8 heteroatoms. The molecule has 0 radical (unpaired) electrons. The Bertz CT molecular complexity index is 727. The molecule has 1 saturated heterocycles. The Morgan fingerprint density at radius 2 is 1.72 bits per heavy atom. The number of benzene rings is 1. The summed E-state index contributed by atoms with van der Waals surface area (Å²) in [5.41, 5.74) is 1.02. The summed E-state index contributed by atoms with van der Waals surface area (Å²) in [5.74, 6) is 1.02. The van der Waals surface area contributed by atoms with Crippen LogP contribution in [0, 0.1) is 5.41 Å². The van der Waals surface area contributed by atoms with E-state index in [4.69, 9.17) is 0 Å². The highest BCUT2D eigenvalue weighted by molar-refractivity contribution is 14.0. The van der Waals surface area contributed by atoms with Gasteiger partial charge in [0.05, 0.1) is 5.41 Å². The molecule has 1 atom stereocenters. The molecule has 2 fully saturated rings. The third-order valence-corrected chi connectivity index (χ3v) is 6.86. The van der Waals surface area contributed by atoms with E-state index in [-0.39, 0.29) is 35.3 Å². The van der Waals surface area contributed by atoms with E-state index in [1.165, 1.54) is 5.69 Å². The van der Waals surface area contributed by atoms with Crippen molar-refractivity contribution in [2.24, 2.45) is 10.4 Å². The maximum Gasteiger partial charge on any atom is 0.230 e. The van der Waals surface area contributed by atoms with Gasteiger partial charge in [0.1, 0.15) is 0 Å². The average molecular weight is 557 g/mol. The molecule has 2 aliphatic rings. The summed E-state index contributed by atoms with van der Waals surface area (Å²) in [6, 6.07) is 11.1. The van der Waals surface area contributed by atoms with Crippen LogP contribution in [0.25, 0.3) is 0 Å². The van der Waals surface area contributed by atoms with Gasteiger partial charge in [0, 0.05) is 72.1 Å². The number of rotatable bonds is 7. The fourth-order valence-corrected chi connectivity index (χ4v) is 4.90. The van der Waals surface area contributed by atoms with Crippen LogP contribution >= 0.6 is 24.0 Å². The molecule has 1 aliphatic carbocycles. The van der Waals surface area contributed by atoms with E-state index < -0.39 is 0 Å². The number of carbonyl (C=O) groups is 1. The number of nitrogens with zero attached hydrogens (tertiary/aromatic N) is 4. The molecular formula is C24H41IN6O. The van der Waals surface area contributed by atoms with Gasteiger partial charge in [-0.2, -0.15) is 0 Å². The molecule has 1 aromatic rings. The predicted molar refractivity (Wildman–Crippen MR) is 144 cm³/mol. The largest absolute Gasteiger partial charge is 0.369 e. The van der Waals surface area contributed by atoms with Gasteiger partial charge in [-0.05, 0) is 31.9 Å². The molecule has 0 aromatic heterocycles. The van der Waals surface area contributed by atoms with Crippen molar-refractivity contribution < 1.29 is 4.79 Å². The van der Waals surface area contributed by atoms with Crippen LogP contribution in [-0.2, 0) is 4.79 Å². The lowest BCUT2D eigenvalue weighted by atomic mass is 9.84. The van der Waals surface area contributed by atoms with Gasteiger partial charge in [-0.3, -0.25) is 14.7 Å². The summed E-state index contributed by atoms with van der Waals surface area (Å²) in [6.07, 6.45) is 4.16. The predicted octanol–water partition coefficient (Wildman–Crippen LogP) is 2.63. The number of hydrogen-bond donors (Lipinski definition) is 2. The van der Waals surface area contributed by atoms with Crippen LogP contribution in [0.15, 0.2) is 35.3 Å². The van der Waals surface area contributed by atoms with Crippen LogP contribution < -0.4 is 15.5 Å². The monoisotopic (exact) mass is 556 g/mol. The van der Waals surface area contributed by atoms with Gasteiger partial charge in [-0.1, -0.05) is 31.0 Å². The van der Waals surface area contributed by atoms with E-state index in [1.807, 2.05) is 14.1 Å².